The molecule has 2 aromatic carbocycles. The van der Waals surface area contributed by atoms with Crippen molar-refractivity contribution < 1.29 is 22.0 Å². The molecule has 0 aliphatic carbocycles. The molecular formula is C21H22F2N2O3S. The van der Waals surface area contributed by atoms with Gasteiger partial charge in [0.2, 0.25) is 5.91 Å². The van der Waals surface area contributed by atoms with E-state index in [1.807, 2.05) is 30.3 Å². The SMILES string of the molecule is CS(=O)(=O)CCC(N)C(=O)N1CC(c2cc(F)ccc2F)=CC1c1ccccc1. The second-order valence-corrected chi connectivity index (χ2v) is 9.42. The summed E-state index contributed by atoms with van der Waals surface area (Å²) in [6, 6.07) is 10.8. The van der Waals surface area contributed by atoms with Gasteiger partial charge in [-0.05, 0) is 35.8 Å². The molecule has 0 radical (unpaired) electrons. The summed E-state index contributed by atoms with van der Waals surface area (Å²) in [5.41, 5.74) is 7.32. The van der Waals surface area contributed by atoms with Gasteiger partial charge in [-0.1, -0.05) is 36.4 Å². The number of sulfone groups is 1. The highest BCUT2D eigenvalue weighted by molar-refractivity contribution is 7.90. The summed E-state index contributed by atoms with van der Waals surface area (Å²) in [6.45, 7) is 0.0470. The van der Waals surface area contributed by atoms with Crippen LogP contribution in [-0.2, 0) is 14.6 Å². The van der Waals surface area contributed by atoms with Crippen LogP contribution in [0.4, 0.5) is 8.78 Å². The minimum absolute atomic E-state index is 0.0145. The Morgan fingerprint density at radius 3 is 2.55 bits per heavy atom. The highest BCUT2D eigenvalue weighted by atomic mass is 32.2. The van der Waals surface area contributed by atoms with Gasteiger partial charge in [-0.25, -0.2) is 17.2 Å². The molecule has 8 heteroatoms. The molecule has 2 atom stereocenters. The van der Waals surface area contributed by atoms with Gasteiger partial charge in [0, 0.05) is 18.4 Å². The standard InChI is InChI=1S/C21H22F2N2O3S/c1-29(27,28)10-9-19(24)21(26)25-13-15(17-12-16(22)7-8-18(17)23)11-20(25)14-5-3-2-4-6-14/h2-8,11-12,19-20H,9-10,13,24H2,1H3. The zero-order chi connectivity index (χ0) is 21.2. The molecule has 2 aromatic rings. The van der Waals surface area contributed by atoms with Crippen molar-refractivity contribution in [3.8, 4) is 0 Å². The Bertz CT molecular complexity index is 1040. The van der Waals surface area contributed by atoms with Crippen LogP contribution in [0.5, 0.6) is 0 Å². The van der Waals surface area contributed by atoms with E-state index < -0.39 is 39.5 Å². The number of halogens is 2. The molecule has 154 valence electrons. The molecule has 0 bridgehead atoms. The lowest BCUT2D eigenvalue weighted by molar-refractivity contribution is -0.133. The van der Waals surface area contributed by atoms with Gasteiger partial charge in [0.05, 0.1) is 17.8 Å². The lowest BCUT2D eigenvalue weighted by Crippen LogP contribution is -2.44. The maximum Gasteiger partial charge on any atom is 0.240 e. The summed E-state index contributed by atoms with van der Waals surface area (Å²) in [5.74, 6) is -1.80. The van der Waals surface area contributed by atoms with E-state index in [9.17, 15) is 22.0 Å². The summed E-state index contributed by atoms with van der Waals surface area (Å²) >= 11 is 0. The molecule has 5 nitrogen and oxygen atoms in total. The van der Waals surface area contributed by atoms with Crippen LogP contribution in [0.25, 0.3) is 5.57 Å². The second-order valence-electron chi connectivity index (χ2n) is 7.16. The van der Waals surface area contributed by atoms with Crippen molar-refractivity contribution in [1.82, 2.24) is 4.90 Å². The molecular weight excluding hydrogens is 398 g/mol. The van der Waals surface area contributed by atoms with Crippen LogP contribution in [0.1, 0.15) is 23.6 Å². The first-order valence-corrected chi connectivity index (χ1v) is 11.2. The van der Waals surface area contributed by atoms with E-state index in [0.29, 0.717) is 5.57 Å². The van der Waals surface area contributed by atoms with E-state index in [2.05, 4.69) is 0 Å². The Morgan fingerprint density at radius 2 is 1.90 bits per heavy atom. The lowest BCUT2D eigenvalue weighted by Gasteiger charge is -2.28. The topological polar surface area (TPSA) is 80.5 Å². The fourth-order valence-corrected chi connectivity index (χ4v) is 4.03. The molecule has 29 heavy (non-hydrogen) atoms. The van der Waals surface area contributed by atoms with Gasteiger partial charge in [0.25, 0.3) is 0 Å². The van der Waals surface area contributed by atoms with Crippen molar-refractivity contribution in [3.63, 3.8) is 0 Å². The van der Waals surface area contributed by atoms with E-state index in [1.165, 1.54) is 4.90 Å². The summed E-state index contributed by atoms with van der Waals surface area (Å²) in [4.78, 5) is 14.5. The van der Waals surface area contributed by atoms with Gasteiger partial charge in [-0.15, -0.1) is 0 Å². The first-order valence-electron chi connectivity index (χ1n) is 9.10. The molecule has 2 unspecified atom stereocenters. The van der Waals surface area contributed by atoms with Crippen LogP contribution >= 0.6 is 0 Å². The van der Waals surface area contributed by atoms with Gasteiger partial charge in [-0.3, -0.25) is 4.79 Å². The number of hydrogen-bond donors (Lipinski definition) is 1. The van der Waals surface area contributed by atoms with E-state index in [1.54, 1.807) is 6.08 Å². The maximum absolute atomic E-state index is 14.3. The zero-order valence-corrected chi connectivity index (χ0v) is 16.7. The molecule has 2 N–H and O–H groups in total. The minimum Gasteiger partial charge on any atom is -0.326 e. The molecule has 1 aliphatic rings. The Hall–Kier alpha value is -2.58. The third kappa shape index (κ3) is 5.07. The molecule has 1 aliphatic heterocycles. The van der Waals surface area contributed by atoms with Gasteiger partial charge in [0.15, 0.2) is 0 Å². The van der Waals surface area contributed by atoms with Crippen LogP contribution in [0.2, 0.25) is 0 Å². The number of hydrogen-bond acceptors (Lipinski definition) is 4. The smallest absolute Gasteiger partial charge is 0.240 e. The minimum atomic E-state index is -3.26. The van der Waals surface area contributed by atoms with Crippen LogP contribution in [0.15, 0.2) is 54.6 Å². The van der Waals surface area contributed by atoms with Crippen LogP contribution < -0.4 is 5.73 Å². The molecule has 1 amide bonds. The highest BCUT2D eigenvalue weighted by Gasteiger charge is 2.34. The number of benzene rings is 2. The summed E-state index contributed by atoms with van der Waals surface area (Å²) in [6.07, 6.45) is 2.78. The fourth-order valence-electron chi connectivity index (χ4n) is 3.35. The average molecular weight is 420 g/mol. The zero-order valence-electron chi connectivity index (χ0n) is 15.9. The predicted molar refractivity (Wildman–Crippen MR) is 108 cm³/mol. The summed E-state index contributed by atoms with van der Waals surface area (Å²) < 4.78 is 50.8. The fraction of sp³-hybridized carbons (Fsp3) is 0.286. The quantitative estimate of drug-likeness (QED) is 0.779. The Morgan fingerprint density at radius 1 is 1.21 bits per heavy atom. The first-order chi connectivity index (χ1) is 13.7. The first kappa shape index (κ1) is 21.1. The van der Waals surface area contributed by atoms with Crippen molar-refractivity contribution in [2.45, 2.75) is 18.5 Å². The summed E-state index contributed by atoms with van der Waals surface area (Å²) in [7, 11) is -3.26. The second kappa shape index (κ2) is 8.42. The number of carbonyl (C=O) groups is 1. The molecule has 0 fully saturated rings. The number of nitrogens with zero attached hydrogens (tertiary/aromatic N) is 1. The van der Waals surface area contributed by atoms with E-state index in [0.717, 1.165) is 30.0 Å². The van der Waals surface area contributed by atoms with Gasteiger partial charge in [0.1, 0.15) is 21.5 Å². The highest BCUT2D eigenvalue weighted by Crippen LogP contribution is 2.36. The Balaban J connectivity index is 1.92. The third-order valence-corrected chi connectivity index (χ3v) is 5.83. The van der Waals surface area contributed by atoms with Gasteiger partial charge in [-0.2, -0.15) is 0 Å². The Kier molecular flexibility index (Phi) is 6.14. The van der Waals surface area contributed by atoms with E-state index >= 15 is 0 Å². The molecule has 3 rings (SSSR count). The van der Waals surface area contributed by atoms with Crippen molar-refractivity contribution in [3.05, 3.63) is 77.4 Å². The van der Waals surface area contributed by atoms with Crippen LogP contribution in [0.3, 0.4) is 0 Å². The van der Waals surface area contributed by atoms with E-state index in [-0.39, 0.29) is 24.3 Å². The average Bonchev–Trinajstić information content (AvgIpc) is 3.12. The van der Waals surface area contributed by atoms with Crippen LogP contribution in [0, 0.1) is 11.6 Å². The van der Waals surface area contributed by atoms with Crippen molar-refractivity contribution in [2.24, 2.45) is 5.73 Å². The molecule has 0 spiro atoms. The third-order valence-electron chi connectivity index (χ3n) is 4.85. The van der Waals surface area contributed by atoms with Gasteiger partial charge < -0.3 is 10.6 Å². The number of carbonyl (C=O) groups excluding carboxylic acids is 1. The van der Waals surface area contributed by atoms with Gasteiger partial charge >= 0.3 is 0 Å². The Labute approximate surface area is 168 Å². The molecule has 0 saturated heterocycles. The van der Waals surface area contributed by atoms with Crippen molar-refractivity contribution in [1.29, 1.82) is 0 Å². The molecule has 1 heterocycles. The predicted octanol–water partition coefficient (Wildman–Crippen LogP) is 2.69. The molecule has 0 aromatic heterocycles. The van der Waals surface area contributed by atoms with Crippen LogP contribution in [-0.4, -0.2) is 43.8 Å². The van der Waals surface area contributed by atoms with E-state index in [4.69, 9.17) is 5.73 Å². The summed E-state index contributed by atoms with van der Waals surface area (Å²) in [5, 5.41) is 0. The maximum atomic E-state index is 14.3. The number of nitrogens with two attached hydrogens (primary N) is 1. The lowest BCUT2D eigenvalue weighted by atomic mass is 10.0. The largest absolute Gasteiger partial charge is 0.326 e. The normalized spacial score (nSPS) is 17.9. The number of amides is 1. The monoisotopic (exact) mass is 420 g/mol. The number of rotatable bonds is 6. The van der Waals surface area contributed by atoms with Crippen molar-refractivity contribution >= 4 is 21.3 Å². The molecule has 0 saturated carbocycles. The van der Waals surface area contributed by atoms with Crippen molar-refractivity contribution in [2.75, 3.05) is 18.6 Å².